The van der Waals surface area contributed by atoms with Gasteiger partial charge in [0.15, 0.2) is 5.13 Å². The van der Waals surface area contributed by atoms with Crippen molar-refractivity contribution in [3.05, 3.63) is 101 Å². The first-order valence-corrected chi connectivity index (χ1v) is 22.8. The van der Waals surface area contributed by atoms with Crippen molar-refractivity contribution in [2.45, 2.75) is 37.6 Å². The number of carbonyl (C=O) groups is 3. The zero-order valence-electron chi connectivity index (χ0n) is 34.6. The van der Waals surface area contributed by atoms with E-state index in [-0.39, 0.29) is 17.7 Å². The van der Waals surface area contributed by atoms with E-state index in [1.165, 1.54) is 11.3 Å². The van der Waals surface area contributed by atoms with E-state index in [2.05, 4.69) is 52.6 Å². The molecule has 0 spiro atoms. The van der Waals surface area contributed by atoms with Gasteiger partial charge in [-0.05, 0) is 53.1 Å². The summed E-state index contributed by atoms with van der Waals surface area (Å²) in [4.78, 5) is 50.4. The fourth-order valence-corrected chi connectivity index (χ4v) is 7.89. The SMILES string of the molecule is CSC(C)CCOCCOCCOCCOCCOCCC(=O)N1CCN(c2ccc(-c3ccc4c(c3)C(=O)N(C(C(=O)Nc3nccs3)c3ccccc3)C4)cc2)CC1. The molecule has 3 amide bonds. The number of benzene rings is 3. The Bertz CT molecular complexity index is 1910. The number of thiazole rings is 1. The maximum atomic E-state index is 13.9. The molecule has 60 heavy (non-hydrogen) atoms. The highest BCUT2D eigenvalue weighted by atomic mass is 32.2. The fraction of sp³-hybridized carbons (Fsp3) is 0.467. The van der Waals surface area contributed by atoms with E-state index in [0.29, 0.717) is 101 Å². The highest BCUT2D eigenvalue weighted by Crippen LogP contribution is 2.35. The summed E-state index contributed by atoms with van der Waals surface area (Å²) in [5.74, 6) is -0.387. The van der Waals surface area contributed by atoms with Crippen LogP contribution in [0.25, 0.3) is 11.1 Å². The average Bonchev–Trinajstić information content (AvgIpc) is 3.92. The fourth-order valence-electron chi connectivity index (χ4n) is 7.02. The number of fused-ring (bicyclic) bond motifs is 1. The highest BCUT2D eigenvalue weighted by Gasteiger charge is 2.38. The smallest absolute Gasteiger partial charge is 0.255 e. The molecule has 2 aliphatic heterocycles. The van der Waals surface area contributed by atoms with Gasteiger partial charge in [-0.2, -0.15) is 11.8 Å². The largest absolute Gasteiger partial charge is 0.379 e. The number of thioether (sulfide) groups is 1. The Morgan fingerprint density at radius 1 is 0.783 bits per heavy atom. The molecule has 0 saturated carbocycles. The number of nitrogens with zero attached hydrogens (tertiary/aromatic N) is 4. The Kier molecular flexibility index (Phi) is 18.2. The monoisotopic (exact) mass is 859 g/mol. The van der Waals surface area contributed by atoms with Crippen molar-refractivity contribution in [1.29, 1.82) is 0 Å². The van der Waals surface area contributed by atoms with Gasteiger partial charge in [0, 0.05) is 67.4 Å². The Labute approximate surface area is 361 Å². The second-order valence-electron chi connectivity index (χ2n) is 14.5. The van der Waals surface area contributed by atoms with E-state index in [1.54, 1.807) is 16.5 Å². The number of rotatable bonds is 25. The van der Waals surface area contributed by atoms with Crippen LogP contribution in [-0.2, 0) is 39.8 Å². The molecule has 15 heteroatoms. The van der Waals surface area contributed by atoms with Crippen molar-refractivity contribution in [2.75, 3.05) is 109 Å². The van der Waals surface area contributed by atoms with Crippen molar-refractivity contribution in [2.24, 2.45) is 0 Å². The number of amides is 3. The third-order valence-electron chi connectivity index (χ3n) is 10.5. The highest BCUT2D eigenvalue weighted by molar-refractivity contribution is 7.99. The number of hydrogen-bond acceptors (Lipinski definition) is 12. The van der Waals surface area contributed by atoms with Crippen LogP contribution in [0.5, 0.6) is 0 Å². The van der Waals surface area contributed by atoms with Gasteiger partial charge in [-0.15, -0.1) is 11.3 Å². The summed E-state index contributed by atoms with van der Waals surface area (Å²) in [5.41, 5.74) is 5.23. The zero-order valence-corrected chi connectivity index (χ0v) is 36.3. The molecule has 1 N–H and O–H groups in total. The van der Waals surface area contributed by atoms with Crippen LogP contribution in [0.15, 0.2) is 84.4 Å². The third kappa shape index (κ3) is 13.3. The molecule has 0 bridgehead atoms. The molecule has 3 aromatic carbocycles. The molecular weight excluding hydrogens is 803 g/mol. The predicted molar refractivity (Wildman–Crippen MR) is 237 cm³/mol. The molecule has 322 valence electrons. The van der Waals surface area contributed by atoms with E-state index in [9.17, 15) is 14.4 Å². The van der Waals surface area contributed by atoms with E-state index in [1.807, 2.05) is 65.2 Å². The zero-order chi connectivity index (χ0) is 41.9. The normalized spacial score (nSPS) is 15.0. The average molecular weight is 860 g/mol. The van der Waals surface area contributed by atoms with Gasteiger partial charge >= 0.3 is 0 Å². The summed E-state index contributed by atoms with van der Waals surface area (Å²) in [6, 6.07) is 22.8. The van der Waals surface area contributed by atoms with Crippen LogP contribution in [0.1, 0.15) is 47.3 Å². The van der Waals surface area contributed by atoms with Crippen molar-refractivity contribution in [1.82, 2.24) is 14.8 Å². The molecule has 2 unspecified atom stereocenters. The Balaban J connectivity index is 0.855. The minimum Gasteiger partial charge on any atom is -0.379 e. The molecule has 1 aromatic heterocycles. The maximum absolute atomic E-state index is 13.9. The van der Waals surface area contributed by atoms with Gasteiger partial charge in [0.2, 0.25) is 5.91 Å². The molecule has 4 aromatic rings. The molecular formula is C45H57N5O8S2. The molecule has 0 radical (unpaired) electrons. The van der Waals surface area contributed by atoms with Gasteiger partial charge in [-0.1, -0.05) is 61.5 Å². The van der Waals surface area contributed by atoms with Crippen molar-refractivity contribution in [3.63, 3.8) is 0 Å². The maximum Gasteiger partial charge on any atom is 0.255 e. The number of aromatic nitrogens is 1. The third-order valence-corrected chi connectivity index (χ3v) is 12.2. The summed E-state index contributed by atoms with van der Waals surface area (Å²) < 4.78 is 27.8. The standard InChI is InChI=1S/C45H57N5O8S2/c1-34(59-2)14-21-54-23-25-56-27-29-58-30-28-57-26-24-55-22-15-41(51)49-19-17-48(18-20-49)39-12-10-35(11-13-39)37-8-9-38-33-50(44(53)40(38)32-37)42(36-6-4-3-5-7-36)43(52)47-45-46-16-31-60-45/h3-13,16,31-32,34,42H,14-15,17-30,33H2,1-2H3,(H,46,47,52). The summed E-state index contributed by atoms with van der Waals surface area (Å²) in [5, 5.41) is 5.79. The van der Waals surface area contributed by atoms with Crippen LogP contribution in [0.2, 0.25) is 0 Å². The first kappa shape index (κ1) is 45.2. The molecule has 1 fully saturated rings. The lowest BCUT2D eigenvalue weighted by Crippen LogP contribution is -2.49. The minimum absolute atomic E-state index is 0.0956. The number of nitrogens with one attached hydrogen (secondary N) is 1. The molecule has 1 saturated heterocycles. The van der Waals surface area contributed by atoms with Crippen LogP contribution in [-0.4, -0.2) is 136 Å². The van der Waals surface area contributed by atoms with Crippen molar-refractivity contribution < 1.29 is 38.1 Å². The second-order valence-corrected chi connectivity index (χ2v) is 16.7. The van der Waals surface area contributed by atoms with Crippen LogP contribution in [0.3, 0.4) is 0 Å². The van der Waals surface area contributed by atoms with Gasteiger partial charge < -0.3 is 38.4 Å². The van der Waals surface area contributed by atoms with Gasteiger partial charge in [-0.3, -0.25) is 19.7 Å². The second kappa shape index (κ2) is 24.2. The Morgan fingerprint density at radius 2 is 1.40 bits per heavy atom. The molecule has 0 aliphatic carbocycles. The molecule has 3 heterocycles. The first-order chi connectivity index (χ1) is 29.4. The van der Waals surface area contributed by atoms with Crippen LogP contribution in [0.4, 0.5) is 10.8 Å². The van der Waals surface area contributed by atoms with E-state index >= 15 is 0 Å². The topological polar surface area (TPSA) is 132 Å². The molecule has 2 aliphatic rings. The van der Waals surface area contributed by atoms with Gasteiger partial charge in [0.25, 0.3) is 11.8 Å². The van der Waals surface area contributed by atoms with E-state index < -0.39 is 6.04 Å². The summed E-state index contributed by atoms with van der Waals surface area (Å²) in [6.45, 7) is 10.5. The van der Waals surface area contributed by atoms with Crippen LogP contribution >= 0.6 is 23.1 Å². The Hall–Kier alpha value is -4.35. The van der Waals surface area contributed by atoms with Gasteiger partial charge in [0.05, 0.1) is 65.9 Å². The van der Waals surface area contributed by atoms with Gasteiger partial charge in [0.1, 0.15) is 6.04 Å². The van der Waals surface area contributed by atoms with Gasteiger partial charge in [-0.25, -0.2) is 4.98 Å². The number of piperazine rings is 1. The molecule has 2 atom stereocenters. The summed E-state index contributed by atoms with van der Waals surface area (Å²) in [7, 11) is 0. The number of hydrogen-bond donors (Lipinski definition) is 1. The lowest BCUT2D eigenvalue weighted by molar-refractivity contribution is -0.132. The molecule has 13 nitrogen and oxygen atoms in total. The van der Waals surface area contributed by atoms with Crippen molar-refractivity contribution >= 4 is 51.6 Å². The van der Waals surface area contributed by atoms with Crippen LogP contribution < -0.4 is 10.2 Å². The van der Waals surface area contributed by atoms with Crippen LogP contribution in [0, 0.1) is 0 Å². The molecule has 6 rings (SSSR count). The first-order valence-electron chi connectivity index (χ1n) is 20.6. The van der Waals surface area contributed by atoms with E-state index in [0.717, 1.165) is 54.1 Å². The Morgan fingerprint density at radius 3 is 2.02 bits per heavy atom. The lowest BCUT2D eigenvalue weighted by atomic mass is 10.00. The predicted octanol–water partition coefficient (Wildman–Crippen LogP) is 6.41. The summed E-state index contributed by atoms with van der Waals surface area (Å²) in [6.07, 6.45) is 5.14. The lowest BCUT2D eigenvalue weighted by Gasteiger charge is -2.36. The number of anilines is 2. The minimum atomic E-state index is -0.805. The number of carbonyl (C=O) groups excluding carboxylic acids is 3. The number of ether oxygens (including phenoxy) is 5. The van der Waals surface area contributed by atoms with Crippen molar-refractivity contribution in [3.8, 4) is 11.1 Å². The quantitative estimate of drug-likeness (QED) is 0.0743. The van der Waals surface area contributed by atoms with E-state index in [4.69, 9.17) is 23.7 Å². The summed E-state index contributed by atoms with van der Waals surface area (Å²) >= 11 is 3.18.